The summed E-state index contributed by atoms with van der Waals surface area (Å²) in [6.45, 7) is 9.40. The third-order valence-corrected chi connectivity index (χ3v) is 4.70. The van der Waals surface area contributed by atoms with E-state index in [1.165, 1.54) is 25.9 Å². The van der Waals surface area contributed by atoms with Crippen LogP contribution in [0.2, 0.25) is 0 Å². The zero-order valence-electron chi connectivity index (χ0n) is 13.0. The van der Waals surface area contributed by atoms with Crippen molar-refractivity contribution in [3.8, 4) is 0 Å². The van der Waals surface area contributed by atoms with Gasteiger partial charge in [-0.15, -0.1) is 0 Å². The maximum Gasteiger partial charge on any atom is 0.231 e. The Morgan fingerprint density at radius 1 is 1.10 bits per heavy atom. The summed E-state index contributed by atoms with van der Waals surface area (Å²) < 4.78 is 0. The normalized spacial score (nSPS) is 24.4. The minimum atomic E-state index is -0.211. The van der Waals surface area contributed by atoms with Gasteiger partial charge in [0, 0.05) is 31.2 Å². The lowest BCUT2D eigenvalue weighted by molar-refractivity contribution is -0.119. The maximum absolute atomic E-state index is 10.9. The molecule has 5 heteroatoms. The highest BCUT2D eigenvalue weighted by atomic mass is 16.1. The van der Waals surface area contributed by atoms with Crippen molar-refractivity contribution >= 4 is 5.91 Å². The largest absolute Gasteiger partial charge is 0.369 e. The first-order valence-electron chi connectivity index (χ1n) is 8.05. The summed E-state index contributed by atoms with van der Waals surface area (Å²) >= 11 is 0. The Morgan fingerprint density at radius 3 is 2.05 bits per heavy atom. The maximum atomic E-state index is 10.9. The van der Waals surface area contributed by atoms with Gasteiger partial charge in [-0.3, -0.25) is 9.69 Å². The molecule has 116 valence electrons. The fraction of sp³-hybridized carbons (Fsp3) is 0.933. The van der Waals surface area contributed by atoms with E-state index in [4.69, 9.17) is 5.73 Å². The molecule has 0 aromatic rings. The van der Waals surface area contributed by atoms with E-state index < -0.39 is 0 Å². The Bertz CT molecular complexity index is 305. The molecule has 0 bridgehead atoms. The SMILES string of the molecule is CC(C)N1CCC(NC2CCN(CC(N)=O)CC2)CC1. The smallest absolute Gasteiger partial charge is 0.231 e. The van der Waals surface area contributed by atoms with Crippen molar-refractivity contribution in [1.82, 2.24) is 15.1 Å². The Morgan fingerprint density at radius 2 is 1.60 bits per heavy atom. The van der Waals surface area contributed by atoms with Gasteiger partial charge in [0.2, 0.25) is 5.91 Å². The van der Waals surface area contributed by atoms with Crippen LogP contribution in [0, 0.1) is 0 Å². The predicted octanol–water partition coefficient (Wildman–Crippen LogP) is 0.399. The third-order valence-electron chi connectivity index (χ3n) is 4.70. The van der Waals surface area contributed by atoms with Gasteiger partial charge in [0.25, 0.3) is 0 Å². The second kappa shape index (κ2) is 7.38. The Balaban J connectivity index is 1.65. The molecule has 3 N–H and O–H groups in total. The second-order valence-electron chi connectivity index (χ2n) is 6.59. The minimum Gasteiger partial charge on any atom is -0.369 e. The molecule has 0 aliphatic carbocycles. The average Bonchev–Trinajstić information content (AvgIpc) is 2.41. The van der Waals surface area contributed by atoms with Crippen molar-refractivity contribution in [3.05, 3.63) is 0 Å². The summed E-state index contributed by atoms with van der Waals surface area (Å²) in [5.74, 6) is -0.211. The number of amides is 1. The summed E-state index contributed by atoms with van der Waals surface area (Å²) in [6.07, 6.45) is 4.80. The highest BCUT2D eigenvalue weighted by Gasteiger charge is 2.25. The summed E-state index contributed by atoms with van der Waals surface area (Å²) in [5, 5.41) is 3.82. The molecule has 5 nitrogen and oxygen atoms in total. The van der Waals surface area contributed by atoms with E-state index in [1.54, 1.807) is 0 Å². The van der Waals surface area contributed by atoms with E-state index in [0.717, 1.165) is 25.9 Å². The number of likely N-dealkylation sites (tertiary alicyclic amines) is 2. The van der Waals surface area contributed by atoms with Gasteiger partial charge in [-0.1, -0.05) is 0 Å². The molecule has 1 amide bonds. The quantitative estimate of drug-likeness (QED) is 0.766. The molecule has 2 rings (SSSR count). The lowest BCUT2D eigenvalue weighted by Gasteiger charge is -2.38. The number of nitrogens with zero attached hydrogens (tertiary/aromatic N) is 2. The van der Waals surface area contributed by atoms with Gasteiger partial charge in [-0.25, -0.2) is 0 Å². The van der Waals surface area contributed by atoms with Crippen molar-refractivity contribution in [2.45, 2.75) is 57.7 Å². The molecule has 0 aromatic heterocycles. The zero-order chi connectivity index (χ0) is 14.5. The molecule has 0 aromatic carbocycles. The monoisotopic (exact) mass is 282 g/mol. The highest BCUT2D eigenvalue weighted by molar-refractivity contribution is 5.75. The van der Waals surface area contributed by atoms with Gasteiger partial charge in [0.15, 0.2) is 0 Å². The van der Waals surface area contributed by atoms with Crippen LogP contribution in [0.25, 0.3) is 0 Å². The van der Waals surface area contributed by atoms with Crippen molar-refractivity contribution < 1.29 is 4.79 Å². The molecular weight excluding hydrogens is 252 g/mol. The molecule has 0 spiro atoms. The number of rotatable bonds is 5. The van der Waals surface area contributed by atoms with E-state index in [0.29, 0.717) is 24.7 Å². The van der Waals surface area contributed by atoms with Gasteiger partial charge in [0.05, 0.1) is 6.54 Å². The van der Waals surface area contributed by atoms with Gasteiger partial charge in [0.1, 0.15) is 0 Å². The topological polar surface area (TPSA) is 61.6 Å². The Kier molecular flexibility index (Phi) is 5.81. The van der Waals surface area contributed by atoms with Crippen LogP contribution in [0.4, 0.5) is 0 Å². The molecule has 2 aliphatic heterocycles. The van der Waals surface area contributed by atoms with Crippen LogP contribution in [-0.4, -0.2) is 66.6 Å². The lowest BCUT2D eigenvalue weighted by Crippen LogP contribution is -2.51. The van der Waals surface area contributed by atoms with Gasteiger partial charge >= 0.3 is 0 Å². The fourth-order valence-electron chi connectivity index (χ4n) is 3.39. The molecule has 2 saturated heterocycles. The molecule has 2 fully saturated rings. The van der Waals surface area contributed by atoms with Crippen LogP contribution < -0.4 is 11.1 Å². The van der Waals surface area contributed by atoms with Gasteiger partial charge in [-0.05, 0) is 52.6 Å². The van der Waals surface area contributed by atoms with Crippen LogP contribution in [0.15, 0.2) is 0 Å². The molecule has 20 heavy (non-hydrogen) atoms. The number of carbonyl (C=O) groups excluding carboxylic acids is 1. The van der Waals surface area contributed by atoms with Crippen LogP contribution in [-0.2, 0) is 4.79 Å². The first kappa shape index (κ1) is 15.7. The molecular formula is C15H30N4O. The van der Waals surface area contributed by atoms with Crippen LogP contribution in [0.3, 0.4) is 0 Å². The number of nitrogens with two attached hydrogens (primary N) is 1. The standard InChI is InChI=1S/C15H30N4O/c1-12(2)19-9-5-14(6-10-19)17-13-3-7-18(8-4-13)11-15(16)20/h12-14,17H,3-11H2,1-2H3,(H2,16,20). The number of nitrogens with one attached hydrogen (secondary N) is 1. The predicted molar refractivity (Wildman–Crippen MR) is 81.5 cm³/mol. The minimum absolute atomic E-state index is 0.211. The molecule has 2 heterocycles. The number of hydrogen-bond acceptors (Lipinski definition) is 4. The molecule has 0 saturated carbocycles. The van der Waals surface area contributed by atoms with Crippen LogP contribution in [0.5, 0.6) is 0 Å². The first-order valence-corrected chi connectivity index (χ1v) is 8.05. The fourth-order valence-corrected chi connectivity index (χ4v) is 3.39. The van der Waals surface area contributed by atoms with Crippen molar-refractivity contribution in [3.63, 3.8) is 0 Å². The molecule has 2 aliphatic rings. The second-order valence-corrected chi connectivity index (χ2v) is 6.59. The van der Waals surface area contributed by atoms with E-state index in [2.05, 4.69) is 29.0 Å². The van der Waals surface area contributed by atoms with E-state index >= 15 is 0 Å². The number of piperidine rings is 2. The Labute approximate surface area is 122 Å². The summed E-state index contributed by atoms with van der Waals surface area (Å²) in [5.41, 5.74) is 5.24. The van der Waals surface area contributed by atoms with E-state index in [9.17, 15) is 4.79 Å². The number of carbonyl (C=O) groups is 1. The zero-order valence-corrected chi connectivity index (χ0v) is 13.0. The molecule has 0 atom stereocenters. The first-order chi connectivity index (χ1) is 9.54. The summed E-state index contributed by atoms with van der Waals surface area (Å²) in [4.78, 5) is 15.6. The van der Waals surface area contributed by atoms with Gasteiger partial charge in [-0.2, -0.15) is 0 Å². The molecule has 0 unspecified atom stereocenters. The third kappa shape index (κ3) is 4.72. The molecule has 0 radical (unpaired) electrons. The summed E-state index contributed by atoms with van der Waals surface area (Å²) in [6, 6.07) is 1.97. The summed E-state index contributed by atoms with van der Waals surface area (Å²) in [7, 11) is 0. The average molecular weight is 282 g/mol. The number of primary amides is 1. The van der Waals surface area contributed by atoms with Gasteiger partial charge < -0.3 is 16.0 Å². The van der Waals surface area contributed by atoms with Crippen molar-refractivity contribution in [1.29, 1.82) is 0 Å². The van der Waals surface area contributed by atoms with Crippen molar-refractivity contribution in [2.75, 3.05) is 32.7 Å². The highest BCUT2D eigenvalue weighted by Crippen LogP contribution is 2.16. The Hall–Kier alpha value is -0.650. The number of hydrogen-bond donors (Lipinski definition) is 2. The van der Waals surface area contributed by atoms with Crippen LogP contribution >= 0.6 is 0 Å². The van der Waals surface area contributed by atoms with E-state index in [1.807, 2.05) is 0 Å². The van der Waals surface area contributed by atoms with Crippen molar-refractivity contribution in [2.24, 2.45) is 5.73 Å². The van der Waals surface area contributed by atoms with E-state index in [-0.39, 0.29) is 5.91 Å². The lowest BCUT2D eigenvalue weighted by atomic mass is 9.99. The van der Waals surface area contributed by atoms with Crippen LogP contribution in [0.1, 0.15) is 39.5 Å².